The van der Waals surface area contributed by atoms with Crippen molar-refractivity contribution in [2.75, 3.05) is 0 Å². The lowest BCUT2D eigenvalue weighted by Crippen LogP contribution is -2.25. The molecule has 3 aromatic carbocycles. The second kappa shape index (κ2) is 4.72. The fourth-order valence-corrected chi connectivity index (χ4v) is 6.15. The minimum Gasteiger partial charge on any atom is -0.143 e. The van der Waals surface area contributed by atoms with Gasteiger partial charge in [-0.25, -0.2) is 0 Å². The van der Waals surface area contributed by atoms with Crippen LogP contribution in [0.1, 0.15) is 22.3 Å². The summed E-state index contributed by atoms with van der Waals surface area (Å²) in [7, 11) is 0. The second-order valence-corrected chi connectivity index (χ2v) is 8.53. The minimum absolute atomic E-state index is 0.179. The molecular formula is C23H13BrS. The summed E-state index contributed by atoms with van der Waals surface area (Å²) < 4.78 is 1.14. The van der Waals surface area contributed by atoms with Crippen molar-refractivity contribution in [2.24, 2.45) is 0 Å². The normalized spacial score (nSPS) is 14.9. The molecule has 6 rings (SSSR count). The maximum atomic E-state index is 3.71. The number of rotatable bonds is 0. The highest BCUT2D eigenvalue weighted by Crippen LogP contribution is 2.63. The van der Waals surface area contributed by atoms with Crippen molar-refractivity contribution >= 4 is 27.3 Å². The molecule has 118 valence electrons. The van der Waals surface area contributed by atoms with Crippen LogP contribution < -0.4 is 0 Å². The van der Waals surface area contributed by atoms with Gasteiger partial charge < -0.3 is 0 Å². The van der Waals surface area contributed by atoms with Gasteiger partial charge in [-0.2, -0.15) is 0 Å². The van der Waals surface area contributed by atoms with Crippen molar-refractivity contribution in [3.8, 4) is 21.6 Å². The maximum absolute atomic E-state index is 3.71. The van der Waals surface area contributed by atoms with E-state index >= 15 is 0 Å². The molecule has 0 radical (unpaired) electrons. The van der Waals surface area contributed by atoms with E-state index in [2.05, 4.69) is 94.1 Å². The van der Waals surface area contributed by atoms with Gasteiger partial charge in [0.15, 0.2) is 0 Å². The molecule has 2 heteroatoms. The molecule has 0 nitrogen and oxygen atoms in total. The standard InChI is InChI=1S/C23H13BrS/c24-14-9-10-17-21(13-14)23(20-11-12-25-22(17)20)18-7-3-1-5-15(18)16-6-2-4-8-19(16)23/h1-13H. The molecule has 1 heterocycles. The Kier molecular flexibility index (Phi) is 2.65. The largest absolute Gasteiger partial charge is 0.143 e. The summed E-state index contributed by atoms with van der Waals surface area (Å²) in [6.45, 7) is 0. The zero-order valence-corrected chi connectivity index (χ0v) is 15.7. The maximum Gasteiger partial charge on any atom is 0.0734 e. The predicted molar refractivity (Wildman–Crippen MR) is 108 cm³/mol. The Bertz CT molecular complexity index is 1120. The van der Waals surface area contributed by atoms with Crippen LogP contribution in [0.3, 0.4) is 0 Å². The van der Waals surface area contributed by atoms with Gasteiger partial charge in [0.1, 0.15) is 0 Å². The van der Waals surface area contributed by atoms with Gasteiger partial charge in [0.2, 0.25) is 0 Å². The van der Waals surface area contributed by atoms with Crippen molar-refractivity contribution < 1.29 is 0 Å². The van der Waals surface area contributed by atoms with E-state index in [0.29, 0.717) is 0 Å². The zero-order valence-electron chi connectivity index (χ0n) is 13.3. The highest BCUT2D eigenvalue weighted by molar-refractivity contribution is 9.10. The molecule has 0 saturated carbocycles. The van der Waals surface area contributed by atoms with E-state index in [0.717, 1.165) is 4.47 Å². The summed E-state index contributed by atoms with van der Waals surface area (Å²) in [5, 5.41) is 2.24. The molecule has 0 bridgehead atoms. The summed E-state index contributed by atoms with van der Waals surface area (Å²) in [6.07, 6.45) is 0. The van der Waals surface area contributed by atoms with Crippen molar-refractivity contribution in [2.45, 2.75) is 5.41 Å². The van der Waals surface area contributed by atoms with E-state index in [1.807, 2.05) is 11.3 Å². The summed E-state index contributed by atoms with van der Waals surface area (Å²) in [4.78, 5) is 1.41. The fourth-order valence-electron chi connectivity index (χ4n) is 4.80. The average molecular weight is 401 g/mol. The Hall–Kier alpha value is -2.16. The van der Waals surface area contributed by atoms with Gasteiger partial charge in [-0.1, -0.05) is 70.5 Å². The average Bonchev–Trinajstić information content (AvgIpc) is 3.29. The van der Waals surface area contributed by atoms with Crippen molar-refractivity contribution in [1.29, 1.82) is 0 Å². The highest BCUT2D eigenvalue weighted by Gasteiger charge is 2.52. The summed E-state index contributed by atoms with van der Waals surface area (Å²) in [6, 6.07) is 26.9. The van der Waals surface area contributed by atoms with Crippen LogP contribution in [0.25, 0.3) is 21.6 Å². The lowest BCUT2D eigenvalue weighted by Gasteiger charge is -2.29. The molecule has 2 aliphatic rings. The zero-order chi connectivity index (χ0) is 16.6. The van der Waals surface area contributed by atoms with Gasteiger partial charge in [-0.05, 0) is 62.5 Å². The molecule has 0 atom stereocenters. The number of benzene rings is 3. The van der Waals surface area contributed by atoms with E-state index in [9.17, 15) is 0 Å². The molecule has 0 N–H and O–H groups in total. The Morgan fingerprint density at radius 2 is 1.32 bits per heavy atom. The Labute approximate surface area is 158 Å². The molecular weight excluding hydrogens is 388 g/mol. The topological polar surface area (TPSA) is 0 Å². The van der Waals surface area contributed by atoms with E-state index in [1.54, 1.807) is 0 Å². The van der Waals surface area contributed by atoms with Gasteiger partial charge in [0.05, 0.1) is 5.41 Å². The summed E-state index contributed by atoms with van der Waals surface area (Å²) in [5.74, 6) is 0. The molecule has 0 saturated heterocycles. The fraction of sp³-hybridized carbons (Fsp3) is 0.0435. The van der Waals surface area contributed by atoms with Gasteiger partial charge >= 0.3 is 0 Å². The van der Waals surface area contributed by atoms with Gasteiger partial charge in [0, 0.05) is 9.35 Å². The third-order valence-corrected chi connectivity index (χ3v) is 7.09. The molecule has 0 aliphatic heterocycles. The van der Waals surface area contributed by atoms with Crippen LogP contribution in [-0.2, 0) is 5.41 Å². The lowest BCUT2D eigenvalue weighted by molar-refractivity contribution is 0.795. The smallest absolute Gasteiger partial charge is 0.0734 e. The number of halogens is 1. The Balaban J connectivity index is 1.88. The van der Waals surface area contributed by atoms with E-state index in [-0.39, 0.29) is 5.41 Å². The third-order valence-electron chi connectivity index (χ3n) is 5.65. The minimum atomic E-state index is -0.179. The Morgan fingerprint density at radius 3 is 2.04 bits per heavy atom. The first-order chi connectivity index (χ1) is 12.3. The van der Waals surface area contributed by atoms with Gasteiger partial charge in [-0.3, -0.25) is 0 Å². The molecule has 0 amide bonds. The van der Waals surface area contributed by atoms with Crippen LogP contribution in [-0.4, -0.2) is 0 Å². The number of fused-ring (bicyclic) bond motifs is 10. The Morgan fingerprint density at radius 1 is 0.640 bits per heavy atom. The quantitative estimate of drug-likeness (QED) is 0.261. The molecule has 0 fully saturated rings. The summed E-state index contributed by atoms with van der Waals surface area (Å²) in [5.41, 5.74) is 9.58. The van der Waals surface area contributed by atoms with Crippen molar-refractivity contribution in [1.82, 2.24) is 0 Å². The van der Waals surface area contributed by atoms with Crippen LogP contribution in [0.2, 0.25) is 0 Å². The van der Waals surface area contributed by atoms with Crippen LogP contribution in [0, 0.1) is 0 Å². The lowest BCUT2D eigenvalue weighted by atomic mass is 9.71. The van der Waals surface area contributed by atoms with Crippen molar-refractivity contribution in [3.63, 3.8) is 0 Å². The first kappa shape index (κ1) is 14.1. The number of thiophene rings is 1. The van der Waals surface area contributed by atoms with E-state index in [1.165, 1.54) is 43.8 Å². The summed E-state index contributed by atoms with van der Waals surface area (Å²) >= 11 is 5.57. The van der Waals surface area contributed by atoms with Crippen LogP contribution in [0.5, 0.6) is 0 Å². The predicted octanol–water partition coefficient (Wildman–Crippen LogP) is 6.85. The SMILES string of the molecule is Brc1ccc2c(c1)C1(c3ccccc3-c3ccccc31)c1ccsc1-2. The first-order valence-electron chi connectivity index (χ1n) is 8.39. The monoisotopic (exact) mass is 400 g/mol. The molecule has 4 aromatic rings. The number of hydrogen-bond donors (Lipinski definition) is 0. The van der Waals surface area contributed by atoms with Gasteiger partial charge in [0.25, 0.3) is 0 Å². The first-order valence-corrected chi connectivity index (χ1v) is 10.1. The third kappa shape index (κ3) is 1.53. The van der Waals surface area contributed by atoms with Gasteiger partial charge in [-0.15, -0.1) is 11.3 Å². The number of hydrogen-bond acceptors (Lipinski definition) is 1. The molecule has 0 unspecified atom stereocenters. The van der Waals surface area contributed by atoms with Crippen LogP contribution >= 0.6 is 27.3 Å². The van der Waals surface area contributed by atoms with E-state index in [4.69, 9.17) is 0 Å². The molecule has 2 aliphatic carbocycles. The van der Waals surface area contributed by atoms with Crippen molar-refractivity contribution in [3.05, 3.63) is 105 Å². The highest BCUT2D eigenvalue weighted by atomic mass is 79.9. The molecule has 1 aromatic heterocycles. The van der Waals surface area contributed by atoms with E-state index < -0.39 is 0 Å². The molecule has 1 spiro atoms. The van der Waals surface area contributed by atoms with Crippen LogP contribution in [0.15, 0.2) is 82.6 Å². The van der Waals surface area contributed by atoms with Crippen LogP contribution in [0.4, 0.5) is 0 Å². The second-order valence-electron chi connectivity index (χ2n) is 6.69. The molecule has 25 heavy (non-hydrogen) atoms.